The maximum atomic E-state index is 12.0. The van der Waals surface area contributed by atoms with Gasteiger partial charge in [-0.25, -0.2) is 4.79 Å². The zero-order valence-electron chi connectivity index (χ0n) is 12.9. The molecule has 7 heteroatoms. The first-order valence-electron chi connectivity index (χ1n) is 6.79. The first-order valence-corrected chi connectivity index (χ1v) is 7.17. The van der Waals surface area contributed by atoms with Gasteiger partial charge in [-0.3, -0.25) is 4.79 Å². The van der Waals surface area contributed by atoms with Gasteiger partial charge in [-0.05, 0) is 20.8 Å². The summed E-state index contributed by atoms with van der Waals surface area (Å²) in [6.45, 7) is 8.78. The molecule has 1 amide bonds. The second-order valence-electron chi connectivity index (χ2n) is 5.85. The van der Waals surface area contributed by atoms with Crippen molar-refractivity contribution in [3.8, 4) is 0 Å². The van der Waals surface area contributed by atoms with Crippen molar-refractivity contribution in [3.63, 3.8) is 0 Å². The van der Waals surface area contributed by atoms with Crippen LogP contribution in [0, 0.1) is 5.41 Å². The highest BCUT2D eigenvalue weighted by atomic mass is 35.5. The number of hydrogen-bond acceptors (Lipinski definition) is 5. The van der Waals surface area contributed by atoms with E-state index in [1.165, 1.54) is 6.92 Å². The summed E-state index contributed by atoms with van der Waals surface area (Å²) in [5.41, 5.74) is -0.125. The van der Waals surface area contributed by atoms with Crippen molar-refractivity contribution in [1.29, 1.82) is 5.41 Å². The van der Waals surface area contributed by atoms with Crippen LogP contribution in [-0.4, -0.2) is 59.7 Å². The van der Waals surface area contributed by atoms with Crippen LogP contribution in [0.5, 0.6) is 0 Å². The summed E-state index contributed by atoms with van der Waals surface area (Å²) >= 11 is 5.93. The van der Waals surface area contributed by atoms with Crippen molar-refractivity contribution in [3.05, 3.63) is 10.7 Å². The molecule has 0 spiro atoms. The Kier molecular flexibility index (Phi) is 5.78. The predicted molar refractivity (Wildman–Crippen MR) is 81.7 cm³/mol. The molecule has 0 aromatic rings. The van der Waals surface area contributed by atoms with E-state index in [2.05, 4.69) is 0 Å². The molecule has 0 aromatic heterocycles. The highest BCUT2D eigenvalue weighted by molar-refractivity contribution is 6.43. The molecule has 6 nitrogen and oxygen atoms in total. The Labute approximate surface area is 130 Å². The molecular formula is C14H22ClN3O3. The lowest BCUT2D eigenvalue weighted by Gasteiger charge is -2.37. The summed E-state index contributed by atoms with van der Waals surface area (Å²) in [6.07, 6.45) is 0.729. The molecule has 1 heterocycles. The number of rotatable bonds is 3. The van der Waals surface area contributed by atoms with Gasteiger partial charge in [0.1, 0.15) is 10.6 Å². The largest absolute Gasteiger partial charge is 0.444 e. The van der Waals surface area contributed by atoms with Crippen LogP contribution in [0.2, 0.25) is 0 Å². The molecule has 1 aliphatic rings. The fraction of sp³-hybridized carbons (Fsp3) is 0.643. The molecule has 118 valence electrons. The third-order valence-electron chi connectivity index (χ3n) is 2.94. The van der Waals surface area contributed by atoms with Gasteiger partial charge in [-0.2, -0.15) is 0 Å². The zero-order chi connectivity index (χ0) is 16.2. The van der Waals surface area contributed by atoms with Crippen LogP contribution in [-0.2, 0) is 9.53 Å². The van der Waals surface area contributed by atoms with Crippen LogP contribution in [0.15, 0.2) is 10.7 Å². The summed E-state index contributed by atoms with van der Waals surface area (Å²) in [6, 6.07) is 0. The average Bonchev–Trinajstić information content (AvgIpc) is 2.38. The number of carbonyl (C=O) groups excluding carboxylic acids is 2. The van der Waals surface area contributed by atoms with E-state index in [4.69, 9.17) is 21.7 Å². The third kappa shape index (κ3) is 5.04. The second-order valence-corrected chi connectivity index (χ2v) is 6.23. The van der Waals surface area contributed by atoms with Gasteiger partial charge in [0.2, 0.25) is 0 Å². The van der Waals surface area contributed by atoms with Crippen molar-refractivity contribution in [2.75, 3.05) is 26.2 Å². The van der Waals surface area contributed by atoms with Crippen molar-refractivity contribution in [2.45, 2.75) is 33.3 Å². The molecule has 1 saturated heterocycles. The number of nitrogens with one attached hydrogen (secondary N) is 1. The summed E-state index contributed by atoms with van der Waals surface area (Å²) in [5, 5.41) is 7.46. The summed E-state index contributed by atoms with van der Waals surface area (Å²) < 4.78 is 5.32. The number of hydrogen-bond donors (Lipinski definition) is 1. The molecule has 0 aromatic carbocycles. The van der Waals surface area contributed by atoms with Gasteiger partial charge < -0.3 is 19.9 Å². The Morgan fingerprint density at radius 3 is 2.00 bits per heavy atom. The van der Waals surface area contributed by atoms with E-state index in [1.807, 2.05) is 25.7 Å². The van der Waals surface area contributed by atoms with Gasteiger partial charge in [0, 0.05) is 39.3 Å². The minimum atomic E-state index is -0.522. The van der Waals surface area contributed by atoms with Gasteiger partial charge in [0.05, 0.1) is 5.70 Å². The van der Waals surface area contributed by atoms with E-state index >= 15 is 0 Å². The zero-order valence-corrected chi connectivity index (χ0v) is 13.7. The summed E-state index contributed by atoms with van der Waals surface area (Å²) in [5.74, 6) is -0.273. The van der Waals surface area contributed by atoms with Crippen LogP contribution < -0.4 is 0 Å². The molecule has 1 rings (SSSR count). The SMILES string of the molecule is CC(=O)/C(Cl)=C(\C=N)N1CCN(C(=O)OC(C)(C)C)CC1. The quantitative estimate of drug-likeness (QED) is 0.640. The minimum absolute atomic E-state index is 0.0516. The fourth-order valence-corrected chi connectivity index (χ4v) is 2.10. The normalized spacial score (nSPS) is 17.2. The molecule has 0 atom stereocenters. The smallest absolute Gasteiger partial charge is 0.410 e. The monoisotopic (exact) mass is 315 g/mol. The standard InChI is InChI=1S/C14H22ClN3O3/c1-10(19)12(15)11(9-16)17-5-7-18(8-6-17)13(20)21-14(2,3)4/h9,16H,5-8H2,1-4H3/b12-11-,16-9?. The first kappa shape index (κ1) is 17.5. The maximum Gasteiger partial charge on any atom is 0.410 e. The number of ether oxygens (including phenoxy) is 1. The van der Waals surface area contributed by atoms with Crippen LogP contribution in [0.4, 0.5) is 4.79 Å². The summed E-state index contributed by atoms with van der Waals surface area (Å²) in [4.78, 5) is 26.7. The van der Waals surface area contributed by atoms with Gasteiger partial charge in [0.15, 0.2) is 5.78 Å². The van der Waals surface area contributed by atoms with Gasteiger partial charge in [-0.15, -0.1) is 0 Å². The van der Waals surface area contributed by atoms with Crippen molar-refractivity contribution in [1.82, 2.24) is 9.80 Å². The van der Waals surface area contributed by atoms with Crippen LogP contribution in [0.3, 0.4) is 0 Å². The molecule has 0 radical (unpaired) electrons. The van der Waals surface area contributed by atoms with Crippen molar-refractivity contribution < 1.29 is 14.3 Å². The molecule has 0 unspecified atom stereocenters. The fourth-order valence-electron chi connectivity index (χ4n) is 1.93. The summed E-state index contributed by atoms with van der Waals surface area (Å²) in [7, 11) is 0. The number of ketones is 1. The molecule has 1 aliphatic heterocycles. The van der Waals surface area contributed by atoms with Gasteiger partial charge in [0.25, 0.3) is 0 Å². The Morgan fingerprint density at radius 2 is 1.62 bits per heavy atom. The van der Waals surface area contributed by atoms with E-state index in [-0.39, 0.29) is 16.9 Å². The number of nitrogens with zero attached hydrogens (tertiary/aromatic N) is 2. The molecule has 0 aliphatic carbocycles. The Hall–Kier alpha value is -1.56. The number of allylic oxidation sites excluding steroid dienone is 2. The lowest BCUT2D eigenvalue weighted by molar-refractivity contribution is -0.113. The number of amides is 1. The maximum absolute atomic E-state index is 12.0. The van der Waals surface area contributed by atoms with E-state index in [0.717, 1.165) is 6.21 Å². The Balaban J connectivity index is 2.67. The molecule has 1 fully saturated rings. The third-order valence-corrected chi connectivity index (χ3v) is 3.40. The van der Waals surface area contributed by atoms with Crippen molar-refractivity contribution >= 4 is 29.7 Å². The number of Topliss-reactive ketones (excluding diaryl/α,β-unsaturated/α-hetero) is 1. The van der Waals surface area contributed by atoms with Crippen molar-refractivity contribution in [2.24, 2.45) is 0 Å². The number of piperazine rings is 1. The molecule has 0 bridgehead atoms. The van der Waals surface area contributed by atoms with E-state index in [1.54, 1.807) is 4.90 Å². The number of halogens is 1. The number of carbonyl (C=O) groups is 2. The molecule has 1 N–H and O–H groups in total. The lowest BCUT2D eigenvalue weighted by Crippen LogP contribution is -2.49. The van der Waals surface area contributed by atoms with Crippen LogP contribution in [0.1, 0.15) is 27.7 Å². The van der Waals surface area contributed by atoms with E-state index in [0.29, 0.717) is 31.9 Å². The van der Waals surface area contributed by atoms with Gasteiger partial charge >= 0.3 is 6.09 Å². The van der Waals surface area contributed by atoms with Crippen LogP contribution >= 0.6 is 11.6 Å². The first-order chi connectivity index (χ1) is 9.65. The van der Waals surface area contributed by atoms with E-state index in [9.17, 15) is 9.59 Å². The lowest BCUT2D eigenvalue weighted by atomic mass is 10.2. The second kappa shape index (κ2) is 6.93. The topological polar surface area (TPSA) is 73.7 Å². The average molecular weight is 316 g/mol. The minimum Gasteiger partial charge on any atom is -0.444 e. The Bertz CT molecular complexity index is 461. The highest BCUT2D eigenvalue weighted by Gasteiger charge is 2.27. The van der Waals surface area contributed by atoms with Gasteiger partial charge in [-0.1, -0.05) is 11.6 Å². The van der Waals surface area contributed by atoms with E-state index < -0.39 is 5.60 Å². The molecule has 0 saturated carbocycles. The molecule has 21 heavy (non-hydrogen) atoms. The highest BCUT2D eigenvalue weighted by Crippen LogP contribution is 2.17. The Morgan fingerprint density at radius 1 is 1.14 bits per heavy atom. The van der Waals surface area contributed by atoms with Crippen LogP contribution in [0.25, 0.3) is 0 Å². The molecular weight excluding hydrogens is 294 g/mol. The predicted octanol–water partition coefficient (Wildman–Crippen LogP) is 2.23.